The molecule has 6 nitrogen and oxygen atoms in total. The zero-order valence-electron chi connectivity index (χ0n) is 24.1. The van der Waals surface area contributed by atoms with Crippen molar-refractivity contribution >= 4 is 24.2 Å². The number of carbonyl (C=O) groups is 1. The van der Waals surface area contributed by atoms with Gasteiger partial charge in [0.1, 0.15) is 5.76 Å². The molecule has 2 fully saturated rings. The van der Waals surface area contributed by atoms with Gasteiger partial charge in [0.2, 0.25) is 0 Å². The molecule has 0 heterocycles. The molecule has 0 amide bonds. The molecular formula is C29H45F3O6SSi. The Balaban J connectivity index is 2.74. The summed E-state index contributed by atoms with van der Waals surface area (Å²) in [5.41, 5.74) is -7.04. The van der Waals surface area contributed by atoms with Gasteiger partial charge in [0, 0.05) is 18.1 Å². The SMILES string of the molecule is C=C/C(OS(=O)(=O)C(F)(F)F)=C1/C(=O)[C@@H]2[C@H](CCO)[C@@H](CCCCC/C=C/C)[C@H]1[C@@]2(C=C)O[Si](CC)(CC)CC. The van der Waals surface area contributed by atoms with E-state index in [1.54, 1.807) is 6.08 Å². The Morgan fingerprint density at radius 1 is 1.05 bits per heavy atom. The first-order valence-electron chi connectivity index (χ1n) is 14.3. The summed E-state index contributed by atoms with van der Waals surface area (Å²) in [6, 6.07) is 2.28. The van der Waals surface area contributed by atoms with Crippen molar-refractivity contribution in [1.82, 2.24) is 0 Å². The van der Waals surface area contributed by atoms with Crippen molar-refractivity contribution < 1.29 is 40.1 Å². The summed E-state index contributed by atoms with van der Waals surface area (Å²) in [5.74, 6) is -3.39. The van der Waals surface area contributed by atoms with Crippen LogP contribution in [0.15, 0.2) is 48.8 Å². The maximum absolute atomic E-state index is 14.0. The Bertz CT molecular complexity index is 1070. The third-order valence-electron chi connectivity index (χ3n) is 8.92. The van der Waals surface area contributed by atoms with Gasteiger partial charge in [-0.3, -0.25) is 4.79 Å². The van der Waals surface area contributed by atoms with E-state index in [-0.39, 0.29) is 24.0 Å². The number of hydrogen-bond donors (Lipinski definition) is 1. The minimum atomic E-state index is -6.04. The second-order valence-corrected chi connectivity index (χ2v) is 17.0. The largest absolute Gasteiger partial charge is 0.534 e. The van der Waals surface area contributed by atoms with Gasteiger partial charge in [-0.1, -0.05) is 58.4 Å². The van der Waals surface area contributed by atoms with Gasteiger partial charge in [0.25, 0.3) is 0 Å². The lowest BCUT2D eigenvalue weighted by Gasteiger charge is -2.42. The lowest BCUT2D eigenvalue weighted by molar-refractivity contribution is -0.123. The van der Waals surface area contributed by atoms with Crippen LogP contribution in [0.2, 0.25) is 18.1 Å². The van der Waals surface area contributed by atoms with Crippen LogP contribution in [0.1, 0.15) is 66.2 Å². The van der Waals surface area contributed by atoms with Gasteiger partial charge in [-0.2, -0.15) is 21.6 Å². The van der Waals surface area contributed by atoms with Crippen LogP contribution in [0.4, 0.5) is 13.2 Å². The van der Waals surface area contributed by atoms with Gasteiger partial charge >= 0.3 is 15.6 Å². The number of hydrogen-bond acceptors (Lipinski definition) is 6. The molecule has 2 rings (SSSR count). The standard InChI is InChI=1S/C29H45F3O6SSi/c1-7-13-14-15-16-17-18-21-22(19-20-33)26-27(34)24(23(8-2)37-39(35,36)29(30,31)32)25(21)28(26,9-3)38-40(10-4,11-5)12-6/h7-9,13,21-22,25-26,33H,2-3,10-12,14-20H2,1,4-6H3/b13-7+,24-23-/t21-,22-,25-,26+,28-/m1/s1. The molecular weight excluding hydrogens is 561 g/mol. The van der Waals surface area contributed by atoms with Gasteiger partial charge in [-0.05, 0) is 68.7 Å². The molecule has 0 aromatic carbocycles. The molecule has 0 radical (unpaired) electrons. The molecule has 228 valence electrons. The normalized spacial score (nSPS) is 28.4. The summed E-state index contributed by atoms with van der Waals surface area (Å²) in [7, 11) is -8.45. The highest BCUT2D eigenvalue weighted by atomic mass is 32.2. The molecule has 0 aromatic heterocycles. The van der Waals surface area contributed by atoms with E-state index < -0.39 is 52.9 Å². The van der Waals surface area contributed by atoms with E-state index in [0.29, 0.717) is 12.8 Å². The number of unbranched alkanes of at least 4 members (excludes halogenated alkanes) is 3. The predicted octanol–water partition coefficient (Wildman–Crippen LogP) is 7.21. The maximum atomic E-state index is 14.0. The number of fused-ring (bicyclic) bond motifs is 2. The molecule has 0 saturated heterocycles. The van der Waals surface area contributed by atoms with Crippen LogP contribution in [0.5, 0.6) is 0 Å². The number of carbonyl (C=O) groups excluding carboxylic acids is 1. The molecule has 11 heteroatoms. The summed E-state index contributed by atoms with van der Waals surface area (Å²) < 4.78 is 75.5. The number of aliphatic hydroxyl groups is 1. The molecule has 0 aliphatic heterocycles. The molecule has 0 unspecified atom stereocenters. The number of ketones is 1. The summed E-state index contributed by atoms with van der Waals surface area (Å²) in [4.78, 5) is 14.0. The van der Waals surface area contributed by atoms with E-state index in [0.717, 1.165) is 49.9 Å². The minimum absolute atomic E-state index is 0.132. The van der Waals surface area contributed by atoms with Gasteiger partial charge < -0.3 is 13.7 Å². The Morgan fingerprint density at radius 2 is 1.65 bits per heavy atom. The topological polar surface area (TPSA) is 89.9 Å². The molecule has 1 N–H and O–H groups in total. The van der Waals surface area contributed by atoms with Crippen molar-refractivity contribution in [2.75, 3.05) is 6.61 Å². The summed E-state index contributed by atoms with van der Waals surface area (Å²) in [5, 5.41) is 9.97. The van der Waals surface area contributed by atoms with E-state index in [1.165, 1.54) is 0 Å². The molecule has 0 spiro atoms. The predicted molar refractivity (Wildman–Crippen MR) is 153 cm³/mol. The van der Waals surface area contributed by atoms with Crippen molar-refractivity contribution in [3.8, 4) is 0 Å². The lowest BCUT2D eigenvalue weighted by Crippen LogP contribution is -2.50. The van der Waals surface area contributed by atoms with Crippen LogP contribution in [-0.2, 0) is 23.5 Å². The smallest absolute Gasteiger partial charge is 0.407 e. The number of halogens is 3. The second-order valence-electron chi connectivity index (χ2n) is 10.7. The van der Waals surface area contributed by atoms with E-state index in [9.17, 15) is 31.5 Å². The lowest BCUT2D eigenvalue weighted by atomic mass is 9.72. The number of Topliss-reactive ketones (excluding diaryl/α,β-unsaturated/α-hetero) is 1. The van der Waals surface area contributed by atoms with Crippen LogP contribution in [0, 0.1) is 23.7 Å². The molecule has 2 aliphatic rings. The molecule has 0 aromatic rings. The van der Waals surface area contributed by atoms with E-state index >= 15 is 0 Å². The fourth-order valence-electron chi connectivity index (χ4n) is 6.81. The maximum Gasteiger partial charge on any atom is 0.534 e. The first kappa shape index (κ1) is 34.5. The van der Waals surface area contributed by atoms with E-state index in [4.69, 9.17) is 4.43 Å². The van der Waals surface area contributed by atoms with Gasteiger partial charge in [-0.25, -0.2) is 0 Å². The van der Waals surface area contributed by atoms with Gasteiger partial charge in [0.05, 0.1) is 11.5 Å². The zero-order valence-corrected chi connectivity index (χ0v) is 26.0. The van der Waals surface area contributed by atoms with Crippen LogP contribution < -0.4 is 0 Å². The Hall–Kier alpha value is -1.69. The summed E-state index contributed by atoms with van der Waals surface area (Å²) in [6.07, 6.45) is 11.1. The summed E-state index contributed by atoms with van der Waals surface area (Å²) in [6.45, 7) is 15.4. The highest BCUT2D eigenvalue weighted by Crippen LogP contribution is 2.65. The highest BCUT2D eigenvalue weighted by molar-refractivity contribution is 7.87. The van der Waals surface area contributed by atoms with E-state index in [1.807, 2.05) is 33.8 Å². The zero-order chi connectivity index (χ0) is 30.4. The first-order chi connectivity index (χ1) is 18.8. The third-order valence-corrected chi connectivity index (χ3v) is 14.5. The van der Waals surface area contributed by atoms with Crippen LogP contribution in [0.25, 0.3) is 0 Å². The molecule has 5 atom stereocenters. The summed E-state index contributed by atoms with van der Waals surface area (Å²) >= 11 is 0. The molecule has 40 heavy (non-hydrogen) atoms. The fraction of sp³-hybridized carbons (Fsp3) is 0.690. The Morgan fingerprint density at radius 3 is 2.12 bits per heavy atom. The van der Waals surface area contributed by atoms with Gasteiger partial charge in [0.15, 0.2) is 14.1 Å². The van der Waals surface area contributed by atoms with Crippen molar-refractivity contribution in [2.45, 2.75) is 95.5 Å². The van der Waals surface area contributed by atoms with E-state index in [2.05, 4.69) is 23.4 Å². The van der Waals surface area contributed by atoms with Crippen molar-refractivity contribution in [3.63, 3.8) is 0 Å². The second kappa shape index (κ2) is 14.0. The Kier molecular flexibility index (Phi) is 12.1. The molecule has 2 bridgehead atoms. The average molecular weight is 607 g/mol. The van der Waals surface area contributed by atoms with Crippen LogP contribution in [-0.4, -0.2) is 45.3 Å². The monoisotopic (exact) mass is 606 g/mol. The quantitative estimate of drug-likeness (QED) is 0.0358. The van der Waals surface area contributed by atoms with Gasteiger partial charge in [-0.15, -0.1) is 6.58 Å². The number of aliphatic hydroxyl groups excluding tert-OH is 1. The Labute approximate surface area is 238 Å². The minimum Gasteiger partial charge on any atom is -0.407 e. The van der Waals surface area contributed by atoms with Crippen LogP contribution in [0.3, 0.4) is 0 Å². The first-order valence-corrected chi connectivity index (χ1v) is 18.2. The number of allylic oxidation sites excluding steroid dienone is 3. The van der Waals surface area contributed by atoms with Crippen molar-refractivity contribution in [1.29, 1.82) is 0 Å². The van der Waals surface area contributed by atoms with Crippen LogP contribution >= 0.6 is 0 Å². The fourth-order valence-corrected chi connectivity index (χ4v) is 10.3. The average Bonchev–Trinajstić information content (AvgIpc) is 3.30. The number of rotatable bonds is 17. The van der Waals surface area contributed by atoms with Crippen molar-refractivity contribution in [3.05, 3.63) is 48.8 Å². The number of alkyl halides is 3. The third kappa shape index (κ3) is 6.52. The van der Waals surface area contributed by atoms with Crippen molar-refractivity contribution in [2.24, 2.45) is 23.7 Å². The highest BCUT2D eigenvalue weighted by Gasteiger charge is 2.71. The molecule has 2 aliphatic carbocycles. The molecule has 2 saturated carbocycles.